The molecule has 1 unspecified atom stereocenters. The maximum Gasteiger partial charge on any atom is 0.120 e. The van der Waals surface area contributed by atoms with Gasteiger partial charge in [0.25, 0.3) is 0 Å². The van der Waals surface area contributed by atoms with Crippen LogP contribution in [0.2, 0.25) is 0 Å². The molecular weight excluding hydrogens is 198 g/mol. The summed E-state index contributed by atoms with van der Waals surface area (Å²) in [7, 11) is 1.71. The third-order valence-electron chi connectivity index (χ3n) is 3.21. The molecule has 2 nitrogen and oxygen atoms in total. The standard InChI is InChI=1S/C14H21NO/c1-3-5-14(11-8-9-11)15-12-6-4-7-13(10-12)16-2/h4,6-7,10-11,14-15H,3,5,8-9H2,1-2H3. The Balaban J connectivity index is 1.99. The molecule has 1 N–H and O–H groups in total. The van der Waals surface area contributed by atoms with Crippen LogP contribution in [0.15, 0.2) is 24.3 Å². The number of anilines is 1. The second-order valence-electron chi connectivity index (χ2n) is 4.61. The van der Waals surface area contributed by atoms with Gasteiger partial charge in [-0.3, -0.25) is 0 Å². The molecule has 1 saturated carbocycles. The van der Waals surface area contributed by atoms with E-state index in [0.29, 0.717) is 6.04 Å². The molecule has 88 valence electrons. The molecule has 0 saturated heterocycles. The molecule has 0 aliphatic heterocycles. The topological polar surface area (TPSA) is 21.3 Å². The van der Waals surface area contributed by atoms with Gasteiger partial charge in [0.1, 0.15) is 5.75 Å². The fraction of sp³-hybridized carbons (Fsp3) is 0.571. The lowest BCUT2D eigenvalue weighted by atomic mass is 10.1. The normalized spacial score (nSPS) is 16.9. The molecule has 0 aromatic heterocycles. The molecule has 0 bridgehead atoms. The van der Waals surface area contributed by atoms with Crippen LogP contribution in [-0.2, 0) is 0 Å². The van der Waals surface area contributed by atoms with E-state index in [1.165, 1.54) is 31.4 Å². The van der Waals surface area contributed by atoms with E-state index in [4.69, 9.17) is 4.74 Å². The first-order valence-corrected chi connectivity index (χ1v) is 6.24. The van der Waals surface area contributed by atoms with E-state index >= 15 is 0 Å². The summed E-state index contributed by atoms with van der Waals surface area (Å²) in [5, 5.41) is 3.64. The van der Waals surface area contributed by atoms with Crippen LogP contribution in [0.4, 0.5) is 5.69 Å². The third-order valence-corrected chi connectivity index (χ3v) is 3.21. The second-order valence-corrected chi connectivity index (χ2v) is 4.61. The Labute approximate surface area is 98.0 Å². The summed E-state index contributed by atoms with van der Waals surface area (Å²) in [6.45, 7) is 2.25. The zero-order chi connectivity index (χ0) is 11.4. The Morgan fingerprint density at radius 1 is 1.44 bits per heavy atom. The average Bonchev–Trinajstić information content (AvgIpc) is 3.13. The van der Waals surface area contributed by atoms with Crippen molar-refractivity contribution in [3.05, 3.63) is 24.3 Å². The molecule has 2 heteroatoms. The van der Waals surface area contributed by atoms with Gasteiger partial charge < -0.3 is 10.1 Å². The van der Waals surface area contributed by atoms with Gasteiger partial charge in [-0.05, 0) is 37.3 Å². The van der Waals surface area contributed by atoms with E-state index in [9.17, 15) is 0 Å². The Morgan fingerprint density at radius 2 is 2.25 bits per heavy atom. The Hall–Kier alpha value is -1.18. The van der Waals surface area contributed by atoms with Crippen molar-refractivity contribution >= 4 is 5.69 Å². The number of benzene rings is 1. The third kappa shape index (κ3) is 2.91. The van der Waals surface area contributed by atoms with E-state index in [1.807, 2.05) is 12.1 Å². The van der Waals surface area contributed by atoms with Crippen LogP contribution in [-0.4, -0.2) is 13.2 Å². The zero-order valence-electron chi connectivity index (χ0n) is 10.2. The Morgan fingerprint density at radius 3 is 2.88 bits per heavy atom. The number of nitrogens with one attached hydrogen (secondary N) is 1. The fourth-order valence-electron chi connectivity index (χ4n) is 2.16. The molecule has 1 aromatic carbocycles. The SMILES string of the molecule is CCCC(Nc1cccc(OC)c1)C1CC1. The fourth-order valence-corrected chi connectivity index (χ4v) is 2.16. The molecule has 0 radical (unpaired) electrons. The highest BCUT2D eigenvalue weighted by Gasteiger charge is 2.30. The van der Waals surface area contributed by atoms with E-state index in [0.717, 1.165) is 11.7 Å². The number of rotatable bonds is 6. The van der Waals surface area contributed by atoms with Gasteiger partial charge in [-0.1, -0.05) is 19.4 Å². The largest absolute Gasteiger partial charge is 0.497 e. The van der Waals surface area contributed by atoms with Crippen molar-refractivity contribution in [2.24, 2.45) is 5.92 Å². The molecule has 1 aliphatic rings. The van der Waals surface area contributed by atoms with Gasteiger partial charge in [0.2, 0.25) is 0 Å². The van der Waals surface area contributed by atoms with Crippen LogP contribution < -0.4 is 10.1 Å². The van der Waals surface area contributed by atoms with Crippen molar-refractivity contribution in [2.45, 2.75) is 38.6 Å². The first-order chi connectivity index (χ1) is 7.83. The van der Waals surface area contributed by atoms with Gasteiger partial charge in [-0.2, -0.15) is 0 Å². The monoisotopic (exact) mass is 219 g/mol. The predicted molar refractivity (Wildman–Crippen MR) is 68.0 cm³/mol. The molecule has 1 aliphatic carbocycles. The summed E-state index contributed by atoms with van der Waals surface area (Å²) in [6, 6.07) is 8.87. The number of methoxy groups -OCH3 is 1. The van der Waals surface area contributed by atoms with Crippen LogP contribution in [0, 0.1) is 5.92 Å². The highest BCUT2D eigenvalue weighted by atomic mass is 16.5. The lowest BCUT2D eigenvalue weighted by molar-refractivity contribution is 0.415. The summed E-state index contributed by atoms with van der Waals surface area (Å²) < 4.78 is 5.23. The number of ether oxygens (including phenoxy) is 1. The zero-order valence-corrected chi connectivity index (χ0v) is 10.2. The van der Waals surface area contributed by atoms with Crippen molar-refractivity contribution in [2.75, 3.05) is 12.4 Å². The molecule has 2 rings (SSSR count). The lowest BCUT2D eigenvalue weighted by Crippen LogP contribution is -2.21. The first kappa shape index (κ1) is 11.3. The minimum Gasteiger partial charge on any atom is -0.497 e. The van der Waals surface area contributed by atoms with Crippen LogP contribution in [0.25, 0.3) is 0 Å². The van der Waals surface area contributed by atoms with Crippen LogP contribution >= 0.6 is 0 Å². The summed E-state index contributed by atoms with van der Waals surface area (Å²) in [5.41, 5.74) is 1.18. The molecule has 0 heterocycles. The minimum absolute atomic E-state index is 0.650. The maximum absolute atomic E-state index is 5.23. The van der Waals surface area contributed by atoms with Crippen molar-refractivity contribution in [3.8, 4) is 5.75 Å². The van der Waals surface area contributed by atoms with Gasteiger partial charge in [0, 0.05) is 17.8 Å². The summed E-state index contributed by atoms with van der Waals surface area (Å²) in [4.78, 5) is 0. The maximum atomic E-state index is 5.23. The van der Waals surface area contributed by atoms with Crippen LogP contribution in [0.5, 0.6) is 5.75 Å². The molecule has 0 spiro atoms. The van der Waals surface area contributed by atoms with E-state index in [2.05, 4.69) is 24.4 Å². The van der Waals surface area contributed by atoms with Crippen LogP contribution in [0.1, 0.15) is 32.6 Å². The van der Waals surface area contributed by atoms with E-state index in [-0.39, 0.29) is 0 Å². The average molecular weight is 219 g/mol. The van der Waals surface area contributed by atoms with Crippen LogP contribution in [0.3, 0.4) is 0 Å². The molecule has 1 aromatic rings. The highest BCUT2D eigenvalue weighted by molar-refractivity contribution is 5.49. The van der Waals surface area contributed by atoms with Gasteiger partial charge in [0.05, 0.1) is 7.11 Å². The first-order valence-electron chi connectivity index (χ1n) is 6.24. The molecule has 16 heavy (non-hydrogen) atoms. The lowest BCUT2D eigenvalue weighted by Gasteiger charge is -2.19. The van der Waals surface area contributed by atoms with Crippen molar-refractivity contribution in [1.82, 2.24) is 0 Å². The predicted octanol–water partition coefficient (Wildman–Crippen LogP) is 3.69. The quantitative estimate of drug-likeness (QED) is 0.788. The number of hydrogen-bond acceptors (Lipinski definition) is 2. The summed E-state index contributed by atoms with van der Waals surface area (Å²) >= 11 is 0. The Kier molecular flexibility index (Phi) is 3.70. The van der Waals surface area contributed by atoms with E-state index < -0.39 is 0 Å². The molecular formula is C14H21NO. The minimum atomic E-state index is 0.650. The van der Waals surface area contributed by atoms with Gasteiger partial charge in [-0.25, -0.2) is 0 Å². The van der Waals surface area contributed by atoms with Gasteiger partial charge in [-0.15, -0.1) is 0 Å². The summed E-state index contributed by atoms with van der Waals surface area (Å²) in [6.07, 6.45) is 5.29. The van der Waals surface area contributed by atoms with Crippen molar-refractivity contribution in [1.29, 1.82) is 0 Å². The highest BCUT2D eigenvalue weighted by Crippen LogP contribution is 2.36. The van der Waals surface area contributed by atoms with Crippen molar-refractivity contribution < 1.29 is 4.74 Å². The smallest absolute Gasteiger partial charge is 0.120 e. The molecule has 1 fully saturated rings. The van der Waals surface area contributed by atoms with Crippen molar-refractivity contribution in [3.63, 3.8) is 0 Å². The second kappa shape index (κ2) is 5.24. The number of hydrogen-bond donors (Lipinski definition) is 1. The molecule has 1 atom stereocenters. The van der Waals surface area contributed by atoms with Gasteiger partial charge in [0.15, 0.2) is 0 Å². The molecule has 0 amide bonds. The summed E-state index contributed by atoms with van der Waals surface area (Å²) in [5.74, 6) is 1.82. The van der Waals surface area contributed by atoms with E-state index in [1.54, 1.807) is 7.11 Å². The van der Waals surface area contributed by atoms with Gasteiger partial charge >= 0.3 is 0 Å². The Bertz CT molecular complexity index is 333.